The van der Waals surface area contributed by atoms with Gasteiger partial charge in [-0.15, -0.1) is 0 Å². The molecule has 1 heterocycles. The van der Waals surface area contributed by atoms with Gasteiger partial charge in [-0.2, -0.15) is 0 Å². The zero-order valence-electron chi connectivity index (χ0n) is 8.77. The molecule has 1 aliphatic rings. The van der Waals surface area contributed by atoms with Crippen LogP contribution in [-0.2, 0) is 9.47 Å². The molecule has 0 unspecified atom stereocenters. The quantitative estimate of drug-likeness (QED) is 0.684. The third-order valence-electron chi connectivity index (χ3n) is 2.84. The number of cyclic esters (lactones) is 1. The van der Waals surface area contributed by atoms with Crippen molar-refractivity contribution in [2.75, 3.05) is 7.11 Å². The minimum atomic E-state index is -0.592. The third-order valence-corrected chi connectivity index (χ3v) is 2.84. The molecule has 0 saturated heterocycles. The van der Waals surface area contributed by atoms with E-state index < -0.39 is 6.29 Å². The van der Waals surface area contributed by atoms with Crippen molar-refractivity contribution in [3.63, 3.8) is 0 Å². The van der Waals surface area contributed by atoms with Gasteiger partial charge in [0.15, 0.2) is 0 Å². The molecule has 0 N–H and O–H groups in total. The molecule has 0 spiro atoms. The molecular weight excluding hydrogens is 204 g/mol. The van der Waals surface area contributed by atoms with Crippen molar-refractivity contribution in [3.05, 3.63) is 47.5 Å². The van der Waals surface area contributed by atoms with Gasteiger partial charge < -0.3 is 9.47 Å². The average molecular weight is 214 g/mol. The van der Waals surface area contributed by atoms with Crippen LogP contribution in [0.2, 0.25) is 0 Å². The van der Waals surface area contributed by atoms with Crippen LogP contribution in [0.4, 0.5) is 0 Å². The lowest BCUT2D eigenvalue weighted by atomic mass is 9.97. The van der Waals surface area contributed by atoms with Gasteiger partial charge in [0.1, 0.15) is 0 Å². The van der Waals surface area contributed by atoms with E-state index in [0.717, 1.165) is 16.3 Å². The number of benzene rings is 2. The van der Waals surface area contributed by atoms with Crippen LogP contribution in [0.25, 0.3) is 10.8 Å². The summed E-state index contributed by atoms with van der Waals surface area (Å²) >= 11 is 0. The predicted molar refractivity (Wildman–Crippen MR) is 59.1 cm³/mol. The number of carbonyl (C=O) groups excluding carboxylic acids is 1. The molecule has 0 aromatic heterocycles. The van der Waals surface area contributed by atoms with Gasteiger partial charge in [-0.1, -0.05) is 30.3 Å². The van der Waals surface area contributed by atoms with Gasteiger partial charge in [-0.3, -0.25) is 0 Å². The number of rotatable bonds is 1. The van der Waals surface area contributed by atoms with Crippen LogP contribution >= 0.6 is 0 Å². The topological polar surface area (TPSA) is 35.5 Å². The van der Waals surface area contributed by atoms with Crippen LogP contribution in [-0.4, -0.2) is 13.1 Å². The molecule has 2 aromatic carbocycles. The minimum Gasteiger partial charge on any atom is -0.428 e. The van der Waals surface area contributed by atoms with Gasteiger partial charge in [0.2, 0.25) is 6.29 Å². The fourth-order valence-electron chi connectivity index (χ4n) is 2.14. The van der Waals surface area contributed by atoms with E-state index in [4.69, 9.17) is 9.47 Å². The number of ether oxygens (including phenoxy) is 2. The summed E-state index contributed by atoms with van der Waals surface area (Å²) in [5.74, 6) is -0.323. The van der Waals surface area contributed by atoms with Crippen LogP contribution in [0.1, 0.15) is 22.2 Å². The monoisotopic (exact) mass is 214 g/mol. The van der Waals surface area contributed by atoms with E-state index in [2.05, 4.69) is 0 Å². The molecule has 80 valence electrons. The predicted octanol–water partition coefficient (Wildman–Crippen LogP) is 2.66. The fraction of sp³-hybridized carbons (Fsp3) is 0.154. The second-order valence-corrected chi connectivity index (χ2v) is 3.72. The molecule has 3 nitrogen and oxygen atoms in total. The van der Waals surface area contributed by atoms with Crippen molar-refractivity contribution in [2.24, 2.45) is 0 Å². The Labute approximate surface area is 92.6 Å². The molecule has 1 atom stereocenters. The Morgan fingerprint density at radius 1 is 1.19 bits per heavy atom. The number of methoxy groups -OCH3 is 1. The number of carbonyl (C=O) groups is 1. The number of hydrogen-bond donors (Lipinski definition) is 0. The van der Waals surface area contributed by atoms with Crippen LogP contribution in [0.5, 0.6) is 0 Å². The van der Waals surface area contributed by atoms with Crippen LogP contribution in [0, 0.1) is 0 Å². The molecule has 0 radical (unpaired) electrons. The van der Waals surface area contributed by atoms with Crippen LogP contribution < -0.4 is 0 Å². The molecule has 0 bridgehead atoms. The lowest BCUT2D eigenvalue weighted by Gasteiger charge is -2.24. The summed E-state index contributed by atoms with van der Waals surface area (Å²) in [6, 6.07) is 11.5. The molecule has 2 aromatic rings. The fourth-order valence-corrected chi connectivity index (χ4v) is 2.14. The number of esters is 1. The maximum atomic E-state index is 11.7. The summed E-state index contributed by atoms with van der Waals surface area (Å²) in [6.07, 6.45) is -0.592. The standard InChI is InChI=1S/C13H10O3/c1-15-13-10-7-3-5-8-4-2-6-9(11(8)10)12(14)16-13/h2-7,13H,1H3/t13-/m1/s1. The molecule has 16 heavy (non-hydrogen) atoms. The molecule has 3 heteroatoms. The first kappa shape index (κ1) is 9.36. The normalized spacial score (nSPS) is 18.6. The first-order valence-corrected chi connectivity index (χ1v) is 5.06. The average Bonchev–Trinajstić information content (AvgIpc) is 2.33. The Morgan fingerprint density at radius 2 is 1.94 bits per heavy atom. The molecule has 1 aliphatic heterocycles. The van der Waals surface area contributed by atoms with Crippen LogP contribution in [0.15, 0.2) is 36.4 Å². The smallest absolute Gasteiger partial charge is 0.341 e. The van der Waals surface area contributed by atoms with Crippen molar-refractivity contribution >= 4 is 16.7 Å². The first-order valence-electron chi connectivity index (χ1n) is 5.06. The van der Waals surface area contributed by atoms with E-state index in [1.165, 1.54) is 7.11 Å². The largest absolute Gasteiger partial charge is 0.428 e. The van der Waals surface area contributed by atoms with Crippen molar-refractivity contribution in [1.82, 2.24) is 0 Å². The second-order valence-electron chi connectivity index (χ2n) is 3.72. The zero-order valence-corrected chi connectivity index (χ0v) is 8.77. The van der Waals surface area contributed by atoms with Gasteiger partial charge in [0, 0.05) is 18.1 Å². The lowest BCUT2D eigenvalue weighted by molar-refractivity contribution is -0.0939. The number of hydrogen-bond acceptors (Lipinski definition) is 3. The van der Waals surface area contributed by atoms with Crippen molar-refractivity contribution in [3.8, 4) is 0 Å². The summed E-state index contributed by atoms with van der Waals surface area (Å²) in [7, 11) is 1.53. The second kappa shape index (κ2) is 3.32. The van der Waals surface area contributed by atoms with Crippen molar-refractivity contribution in [2.45, 2.75) is 6.29 Å². The Hall–Kier alpha value is -1.87. The van der Waals surface area contributed by atoms with Crippen molar-refractivity contribution in [1.29, 1.82) is 0 Å². The van der Waals surface area contributed by atoms with E-state index in [1.54, 1.807) is 6.07 Å². The maximum absolute atomic E-state index is 11.7. The van der Waals surface area contributed by atoms with E-state index in [9.17, 15) is 4.79 Å². The highest BCUT2D eigenvalue weighted by Crippen LogP contribution is 2.34. The van der Waals surface area contributed by atoms with Gasteiger partial charge in [0.05, 0.1) is 5.56 Å². The van der Waals surface area contributed by atoms with Gasteiger partial charge in [0.25, 0.3) is 0 Å². The Bertz CT molecular complexity index is 569. The molecular formula is C13H10O3. The van der Waals surface area contributed by atoms with Gasteiger partial charge >= 0.3 is 5.97 Å². The molecule has 0 amide bonds. The SMILES string of the molecule is CO[C@@H]1OC(=O)c2cccc3cccc1c23. The van der Waals surface area contributed by atoms with E-state index >= 15 is 0 Å². The van der Waals surface area contributed by atoms with Gasteiger partial charge in [-0.25, -0.2) is 4.79 Å². The van der Waals surface area contributed by atoms with E-state index in [1.807, 2.05) is 30.3 Å². The van der Waals surface area contributed by atoms with E-state index in [-0.39, 0.29) is 5.97 Å². The summed E-state index contributed by atoms with van der Waals surface area (Å²) in [4.78, 5) is 11.7. The summed E-state index contributed by atoms with van der Waals surface area (Å²) in [5, 5.41) is 1.97. The molecule has 0 aliphatic carbocycles. The highest BCUT2D eigenvalue weighted by Gasteiger charge is 2.27. The molecule has 3 rings (SSSR count). The molecule has 0 fully saturated rings. The van der Waals surface area contributed by atoms with Gasteiger partial charge in [-0.05, 0) is 11.5 Å². The minimum absolute atomic E-state index is 0.323. The highest BCUT2D eigenvalue weighted by molar-refractivity contribution is 6.07. The lowest BCUT2D eigenvalue weighted by Crippen LogP contribution is -2.19. The van der Waals surface area contributed by atoms with E-state index in [0.29, 0.717) is 5.56 Å². The third kappa shape index (κ3) is 1.15. The highest BCUT2D eigenvalue weighted by atomic mass is 16.7. The summed E-state index contributed by atoms with van der Waals surface area (Å²) < 4.78 is 10.4. The maximum Gasteiger partial charge on any atom is 0.341 e. The Morgan fingerprint density at radius 3 is 2.69 bits per heavy atom. The zero-order chi connectivity index (χ0) is 11.1. The Kier molecular flexibility index (Phi) is 1.94. The van der Waals surface area contributed by atoms with Crippen molar-refractivity contribution < 1.29 is 14.3 Å². The summed E-state index contributed by atoms with van der Waals surface area (Å²) in [5.41, 5.74) is 1.52. The van der Waals surface area contributed by atoms with Crippen LogP contribution in [0.3, 0.4) is 0 Å². The molecule has 0 saturated carbocycles. The Balaban J connectivity index is 2.42. The summed E-state index contributed by atoms with van der Waals surface area (Å²) in [6.45, 7) is 0. The first-order chi connectivity index (χ1) is 7.81.